The van der Waals surface area contributed by atoms with Crippen molar-refractivity contribution in [3.63, 3.8) is 0 Å². The molecule has 118 valence electrons. The average molecular weight is 293 g/mol. The Morgan fingerprint density at radius 1 is 1.48 bits per heavy atom. The van der Waals surface area contributed by atoms with Crippen molar-refractivity contribution < 1.29 is 9.84 Å². The topological polar surface area (TPSA) is 59.3 Å². The van der Waals surface area contributed by atoms with Crippen LogP contribution in [-0.2, 0) is 18.3 Å². The molecule has 2 N–H and O–H groups in total. The van der Waals surface area contributed by atoms with E-state index in [9.17, 15) is 5.11 Å². The lowest BCUT2D eigenvalue weighted by Gasteiger charge is -2.25. The highest BCUT2D eigenvalue weighted by molar-refractivity contribution is 4.93. The van der Waals surface area contributed by atoms with Gasteiger partial charge in [-0.25, -0.2) is 4.98 Å². The van der Waals surface area contributed by atoms with Gasteiger partial charge in [-0.3, -0.25) is 0 Å². The van der Waals surface area contributed by atoms with E-state index in [-0.39, 0.29) is 0 Å². The largest absolute Gasteiger partial charge is 0.389 e. The lowest BCUT2D eigenvalue weighted by molar-refractivity contribution is 0.0127. The predicted molar refractivity (Wildman–Crippen MR) is 82.8 cm³/mol. The van der Waals surface area contributed by atoms with Crippen LogP contribution in [0.4, 0.5) is 0 Å². The van der Waals surface area contributed by atoms with Crippen LogP contribution in [0.1, 0.15) is 25.6 Å². The van der Waals surface area contributed by atoms with Gasteiger partial charge in [-0.2, -0.15) is 0 Å². The molecule has 0 fully saturated rings. The van der Waals surface area contributed by atoms with Crippen molar-refractivity contribution in [2.45, 2.75) is 32.4 Å². The number of ether oxygens (including phenoxy) is 1. The zero-order chi connectivity index (χ0) is 15.1. The number of nitrogens with zero attached hydrogens (tertiary/aromatic N) is 2. The van der Waals surface area contributed by atoms with Gasteiger partial charge < -0.3 is 19.7 Å². The maximum Gasteiger partial charge on any atom is 0.122 e. The number of allylic oxidation sites excluding steroid dienone is 2. The summed E-state index contributed by atoms with van der Waals surface area (Å²) in [4.78, 5) is 4.23. The van der Waals surface area contributed by atoms with Crippen LogP contribution in [0.15, 0.2) is 24.5 Å². The van der Waals surface area contributed by atoms with Crippen molar-refractivity contribution >= 4 is 0 Å². The van der Waals surface area contributed by atoms with E-state index < -0.39 is 6.10 Å². The van der Waals surface area contributed by atoms with Gasteiger partial charge in [0.15, 0.2) is 0 Å². The minimum atomic E-state index is -0.472. The quantitative estimate of drug-likeness (QED) is 0.713. The Hall–Kier alpha value is -1.17. The smallest absolute Gasteiger partial charge is 0.122 e. The highest BCUT2D eigenvalue weighted by Gasteiger charge is 2.18. The van der Waals surface area contributed by atoms with Gasteiger partial charge in [-0.05, 0) is 24.7 Å². The van der Waals surface area contributed by atoms with E-state index in [1.54, 1.807) is 6.20 Å². The molecule has 1 heterocycles. The second-order valence-electron chi connectivity index (χ2n) is 5.96. The highest BCUT2D eigenvalue weighted by Crippen LogP contribution is 2.24. The van der Waals surface area contributed by atoms with Crippen LogP contribution in [0, 0.1) is 11.8 Å². The molecule has 0 saturated carbocycles. The Labute approximate surface area is 127 Å². The minimum Gasteiger partial charge on any atom is -0.389 e. The number of nitrogens with one attached hydrogen (secondary N) is 1. The van der Waals surface area contributed by atoms with E-state index in [1.807, 2.05) is 17.8 Å². The fourth-order valence-corrected chi connectivity index (χ4v) is 2.57. The van der Waals surface area contributed by atoms with E-state index in [2.05, 4.69) is 29.4 Å². The van der Waals surface area contributed by atoms with Crippen LogP contribution in [0.2, 0.25) is 0 Å². The highest BCUT2D eigenvalue weighted by atomic mass is 16.5. The van der Waals surface area contributed by atoms with E-state index in [1.165, 1.54) is 0 Å². The molecular weight excluding hydrogens is 266 g/mol. The van der Waals surface area contributed by atoms with Gasteiger partial charge in [0.2, 0.25) is 0 Å². The summed E-state index contributed by atoms with van der Waals surface area (Å²) in [5.41, 5.74) is 0. The van der Waals surface area contributed by atoms with Crippen molar-refractivity contribution in [3.05, 3.63) is 30.4 Å². The van der Waals surface area contributed by atoms with Crippen molar-refractivity contribution in [1.29, 1.82) is 0 Å². The average Bonchev–Trinajstić information content (AvgIpc) is 2.87. The van der Waals surface area contributed by atoms with Crippen molar-refractivity contribution in [2.75, 3.05) is 19.8 Å². The van der Waals surface area contributed by atoms with Crippen LogP contribution in [0.5, 0.6) is 0 Å². The Kier molecular flexibility index (Phi) is 6.42. The summed E-state index contributed by atoms with van der Waals surface area (Å²) in [5.74, 6) is 2.22. The minimum absolute atomic E-state index is 0.389. The van der Waals surface area contributed by atoms with E-state index in [4.69, 9.17) is 4.74 Å². The molecule has 2 rings (SSSR count). The number of aliphatic hydroxyl groups is 1. The monoisotopic (exact) mass is 293 g/mol. The molecule has 1 aromatic rings. The van der Waals surface area contributed by atoms with Crippen LogP contribution >= 0.6 is 0 Å². The third-order valence-electron chi connectivity index (χ3n) is 4.14. The van der Waals surface area contributed by atoms with Gasteiger partial charge in [-0.1, -0.05) is 19.1 Å². The molecule has 1 aliphatic carbocycles. The first kappa shape index (κ1) is 16.2. The summed E-state index contributed by atoms with van der Waals surface area (Å²) in [7, 11) is 1.96. The van der Waals surface area contributed by atoms with Crippen molar-refractivity contribution in [1.82, 2.24) is 14.9 Å². The Balaban J connectivity index is 1.56. The van der Waals surface area contributed by atoms with Gasteiger partial charge in [0.05, 0.1) is 25.9 Å². The Morgan fingerprint density at radius 3 is 3.00 bits per heavy atom. The molecule has 0 aliphatic heterocycles. The van der Waals surface area contributed by atoms with Gasteiger partial charge in [0, 0.05) is 26.0 Å². The van der Waals surface area contributed by atoms with Crippen molar-refractivity contribution in [3.8, 4) is 0 Å². The predicted octanol–water partition coefficient (Wildman–Crippen LogP) is 1.49. The standard InChI is InChI=1S/C16H27N3O2/c1-13-5-3-4-6-14(13)11-21-12-15(20)9-17-10-16-18-7-8-19(16)2/h3-4,7-8,13-15,17,20H,5-6,9-12H2,1-2H3. The maximum atomic E-state index is 9.91. The second-order valence-corrected chi connectivity index (χ2v) is 5.96. The van der Waals surface area contributed by atoms with Gasteiger partial charge in [0.1, 0.15) is 5.82 Å². The first-order valence-electron chi connectivity index (χ1n) is 7.74. The second kappa shape index (κ2) is 8.32. The van der Waals surface area contributed by atoms with Crippen LogP contribution in [0.25, 0.3) is 0 Å². The summed E-state index contributed by atoms with van der Waals surface area (Å²) in [6.07, 6.45) is 9.93. The third kappa shape index (κ3) is 5.26. The number of aromatic nitrogens is 2. The lowest BCUT2D eigenvalue weighted by Crippen LogP contribution is -2.32. The number of hydrogen-bond donors (Lipinski definition) is 2. The van der Waals surface area contributed by atoms with E-state index >= 15 is 0 Å². The SMILES string of the molecule is CC1CC=CCC1COCC(O)CNCc1nccn1C. The summed E-state index contributed by atoms with van der Waals surface area (Å²) in [5, 5.41) is 13.1. The molecule has 21 heavy (non-hydrogen) atoms. The third-order valence-corrected chi connectivity index (χ3v) is 4.14. The lowest BCUT2D eigenvalue weighted by atomic mass is 9.85. The molecule has 0 saturated heterocycles. The first-order valence-corrected chi connectivity index (χ1v) is 7.74. The van der Waals surface area contributed by atoms with E-state index in [0.29, 0.717) is 31.5 Å². The summed E-state index contributed by atoms with van der Waals surface area (Å²) >= 11 is 0. The summed E-state index contributed by atoms with van der Waals surface area (Å²) < 4.78 is 7.64. The molecule has 0 aromatic carbocycles. The molecule has 0 radical (unpaired) electrons. The molecule has 0 spiro atoms. The van der Waals surface area contributed by atoms with Crippen LogP contribution in [-0.4, -0.2) is 40.5 Å². The van der Waals surface area contributed by atoms with Gasteiger partial charge in [0.25, 0.3) is 0 Å². The Morgan fingerprint density at radius 2 is 2.29 bits per heavy atom. The number of imidazole rings is 1. The molecule has 5 heteroatoms. The molecule has 0 amide bonds. The first-order chi connectivity index (χ1) is 10.2. The summed E-state index contributed by atoms with van der Waals surface area (Å²) in [6.45, 7) is 4.57. The van der Waals surface area contributed by atoms with E-state index in [0.717, 1.165) is 25.3 Å². The molecule has 3 unspecified atom stereocenters. The number of rotatable bonds is 8. The van der Waals surface area contributed by atoms with Crippen LogP contribution < -0.4 is 5.32 Å². The Bertz CT molecular complexity index is 444. The molecule has 3 atom stereocenters. The zero-order valence-electron chi connectivity index (χ0n) is 13.0. The molecule has 5 nitrogen and oxygen atoms in total. The molecule has 0 bridgehead atoms. The number of hydrogen-bond acceptors (Lipinski definition) is 4. The number of aryl methyl sites for hydroxylation is 1. The normalized spacial score (nSPS) is 23.4. The number of aliphatic hydroxyl groups excluding tert-OH is 1. The summed E-state index contributed by atoms with van der Waals surface area (Å²) in [6, 6.07) is 0. The van der Waals surface area contributed by atoms with Gasteiger partial charge >= 0.3 is 0 Å². The molecule has 1 aromatic heterocycles. The molecular formula is C16H27N3O2. The van der Waals surface area contributed by atoms with Crippen molar-refractivity contribution in [2.24, 2.45) is 18.9 Å². The fourth-order valence-electron chi connectivity index (χ4n) is 2.57. The van der Waals surface area contributed by atoms with Gasteiger partial charge in [-0.15, -0.1) is 0 Å². The fraction of sp³-hybridized carbons (Fsp3) is 0.688. The molecule has 1 aliphatic rings. The zero-order valence-corrected chi connectivity index (χ0v) is 13.0. The van der Waals surface area contributed by atoms with Crippen LogP contribution in [0.3, 0.4) is 0 Å². The maximum absolute atomic E-state index is 9.91.